The molecule has 1 aromatic heterocycles. The van der Waals surface area contributed by atoms with Crippen LogP contribution in [-0.2, 0) is 9.84 Å². The number of ether oxygens (including phenoxy) is 1. The highest BCUT2D eigenvalue weighted by Gasteiger charge is 2.49. The first-order valence-electron chi connectivity index (χ1n) is 10.3. The van der Waals surface area contributed by atoms with E-state index in [9.17, 15) is 23.1 Å². The van der Waals surface area contributed by atoms with Gasteiger partial charge in [-0.15, -0.1) is 11.8 Å². The second-order valence-corrected chi connectivity index (χ2v) is 12.5. The summed E-state index contributed by atoms with van der Waals surface area (Å²) in [6, 6.07) is 3.29. The Morgan fingerprint density at radius 3 is 2.68 bits per heavy atom. The summed E-state index contributed by atoms with van der Waals surface area (Å²) in [6.45, 7) is 0. The SMILES string of the molecule is COc1c(C2CC(N)C3CCS(=O)(=O)C3S2)ccc2c(=O)c(C(=O)O)cn(C3CC3)c12. The van der Waals surface area contributed by atoms with E-state index >= 15 is 0 Å². The third-order valence-corrected chi connectivity index (χ3v) is 11.1. The number of aromatic nitrogens is 1. The summed E-state index contributed by atoms with van der Waals surface area (Å²) >= 11 is 1.42. The van der Waals surface area contributed by atoms with Gasteiger partial charge in [-0.3, -0.25) is 4.79 Å². The zero-order chi connectivity index (χ0) is 22.1. The molecule has 2 saturated heterocycles. The number of rotatable bonds is 4. The zero-order valence-corrected chi connectivity index (χ0v) is 18.6. The molecule has 0 spiro atoms. The second kappa shape index (κ2) is 7.25. The maximum absolute atomic E-state index is 12.9. The molecule has 8 nitrogen and oxygen atoms in total. The van der Waals surface area contributed by atoms with Gasteiger partial charge in [-0.2, -0.15) is 0 Å². The molecule has 3 heterocycles. The van der Waals surface area contributed by atoms with E-state index < -0.39 is 25.8 Å². The van der Waals surface area contributed by atoms with E-state index in [0.29, 0.717) is 29.5 Å². The van der Waals surface area contributed by atoms with E-state index in [1.54, 1.807) is 12.1 Å². The van der Waals surface area contributed by atoms with Crippen LogP contribution in [0.2, 0.25) is 0 Å². The van der Waals surface area contributed by atoms with Gasteiger partial charge >= 0.3 is 5.97 Å². The Morgan fingerprint density at radius 2 is 2.03 bits per heavy atom. The fraction of sp³-hybridized carbons (Fsp3) is 0.524. The van der Waals surface area contributed by atoms with Crippen molar-refractivity contribution in [1.29, 1.82) is 0 Å². The Morgan fingerprint density at radius 1 is 1.29 bits per heavy atom. The zero-order valence-electron chi connectivity index (χ0n) is 17.0. The number of benzene rings is 1. The van der Waals surface area contributed by atoms with Gasteiger partial charge in [-0.05, 0) is 31.7 Å². The molecule has 2 aromatic rings. The minimum atomic E-state index is -3.19. The number of pyridine rings is 1. The molecule has 0 radical (unpaired) electrons. The van der Waals surface area contributed by atoms with Crippen LogP contribution in [0.3, 0.4) is 0 Å². The number of carbonyl (C=O) groups is 1. The van der Waals surface area contributed by atoms with E-state index in [1.807, 2.05) is 4.57 Å². The molecule has 1 saturated carbocycles. The average molecular weight is 465 g/mol. The number of thioether (sulfide) groups is 1. The smallest absolute Gasteiger partial charge is 0.341 e. The van der Waals surface area contributed by atoms with Gasteiger partial charge in [-0.25, -0.2) is 13.2 Å². The number of hydrogen-bond donors (Lipinski definition) is 2. The molecule has 10 heteroatoms. The standard InChI is InChI=1S/C21H24N2O6S2/c1-29-19-12(16-8-15(22)11-6-7-31(27,28)21(11)30-16)4-5-13-17(19)23(10-2-3-10)9-14(18(13)24)20(25)26/h4-5,9-11,15-16,21H,2-3,6-8,22H2,1H3,(H,25,26). The Labute approximate surface area is 183 Å². The molecule has 31 heavy (non-hydrogen) atoms. The molecule has 1 aliphatic carbocycles. The van der Waals surface area contributed by atoms with Crippen molar-refractivity contribution in [1.82, 2.24) is 4.57 Å². The molecule has 5 rings (SSSR count). The molecule has 4 unspecified atom stereocenters. The molecule has 3 fully saturated rings. The molecule has 0 bridgehead atoms. The average Bonchev–Trinajstić information content (AvgIpc) is 3.52. The van der Waals surface area contributed by atoms with Gasteiger partial charge in [0.15, 0.2) is 9.84 Å². The van der Waals surface area contributed by atoms with Crippen molar-refractivity contribution in [3.8, 4) is 5.75 Å². The summed E-state index contributed by atoms with van der Waals surface area (Å²) < 4.78 is 32.2. The fourth-order valence-electron chi connectivity index (χ4n) is 4.95. The van der Waals surface area contributed by atoms with Crippen LogP contribution < -0.4 is 15.9 Å². The van der Waals surface area contributed by atoms with Crippen LogP contribution >= 0.6 is 11.8 Å². The lowest BCUT2D eigenvalue weighted by molar-refractivity contribution is 0.0694. The van der Waals surface area contributed by atoms with Crippen molar-refractivity contribution < 1.29 is 23.1 Å². The van der Waals surface area contributed by atoms with Gasteiger partial charge in [0, 0.05) is 35.0 Å². The van der Waals surface area contributed by atoms with E-state index in [0.717, 1.165) is 18.4 Å². The van der Waals surface area contributed by atoms with Gasteiger partial charge in [0.05, 0.1) is 23.8 Å². The van der Waals surface area contributed by atoms with Crippen LogP contribution in [0.1, 0.15) is 52.9 Å². The van der Waals surface area contributed by atoms with Gasteiger partial charge in [0.25, 0.3) is 0 Å². The molecule has 1 aromatic carbocycles. The number of hydrogen-bond acceptors (Lipinski definition) is 7. The van der Waals surface area contributed by atoms with E-state index in [4.69, 9.17) is 10.5 Å². The quantitative estimate of drug-likeness (QED) is 0.705. The Hall–Kier alpha value is -2.04. The molecule has 4 atom stereocenters. The van der Waals surface area contributed by atoms with E-state index in [-0.39, 0.29) is 34.6 Å². The Kier molecular flexibility index (Phi) is 4.87. The molecule has 2 aliphatic heterocycles. The van der Waals surface area contributed by atoms with Crippen molar-refractivity contribution in [2.45, 2.75) is 47.6 Å². The summed E-state index contributed by atoms with van der Waals surface area (Å²) in [5.41, 5.74) is 6.96. The van der Waals surface area contributed by atoms with Crippen LogP contribution in [0.25, 0.3) is 10.9 Å². The summed E-state index contributed by atoms with van der Waals surface area (Å²) in [4.78, 5) is 24.5. The largest absolute Gasteiger partial charge is 0.494 e. The van der Waals surface area contributed by atoms with Crippen molar-refractivity contribution in [3.05, 3.63) is 39.7 Å². The van der Waals surface area contributed by atoms with E-state index in [1.165, 1.54) is 25.1 Å². The number of fused-ring (bicyclic) bond motifs is 2. The highest BCUT2D eigenvalue weighted by atomic mass is 32.3. The first-order valence-corrected chi connectivity index (χ1v) is 13.0. The lowest BCUT2D eigenvalue weighted by Gasteiger charge is -2.36. The number of carboxylic acid groups (broad SMARTS) is 1. The van der Waals surface area contributed by atoms with Gasteiger partial charge in [0.2, 0.25) is 5.43 Å². The number of methoxy groups -OCH3 is 1. The van der Waals surface area contributed by atoms with Crippen LogP contribution in [0.4, 0.5) is 0 Å². The van der Waals surface area contributed by atoms with E-state index in [2.05, 4.69) is 0 Å². The molecule has 166 valence electrons. The number of nitrogens with two attached hydrogens (primary N) is 1. The Balaban J connectivity index is 1.69. The van der Waals surface area contributed by atoms with Crippen molar-refractivity contribution in [2.24, 2.45) is 11.7 Å². The highest BCUT2D eigenvalue weighted by Crippen LogP contribution is 2.53. The summed E-state index contributed by atoms with van der Waals surface area (Å²) in [5, 5.41) is 9.59. The lowest BCUT2D eigenvalue weighted by atomic mass is 9.92. The van der Waals surface area contributed by atoms with Crippen LogP contribution in [0.15, 0.2) is 23.1 Å². The van der Waals surface area contributed by atoms with Crippen molar-refractivity contribution in [2.75, 3.05) is 12.9 Å². The minimum absolute atomic E-state index is 0.0412. The molecular weight excluding hydrogens is 440 g/mol. The number of nitrogens with zero attached hydrogens (tertiary/aromatic N) is 1. The summed E-state index contributed by atoms with van der Waals surface area (Å²) in [7, 11) is -1.67. The first kappa shape index (κ1) is 20.8. The predicted molar refractivity (Wildman–Crippen MR) is 119 cm³/mol. The van der Waals surface area contributed by atoms with Crippen molar-refractivity contribution >= 4 is 38.5 Å². The molecule has 0 amide bonds. The predicted octanol–water partition coefficient (Wildman–Crippen LogP) is 2.31. The number of carboxylic acids is 1. The van der Waals surface area contributed by atoms with Crippen LogP contribution in [0, 0.1) is 5.92 Å². The number of aromatic carboxylic acids is 1. The van der Waals surface area contributed by atoms with Gasteiger partial charge < -0.3 is 20.1 Å². The summed E-state index contributed by atoms with van der Waals surface area (Å²) in [6.07, 6.45) is 4.42. The molecule has 3 N–H and O–H groups in total. The third kappa shape index (κ3) is 3.27. The maximum atomic E-state index is 12.9. The minimum Gasteiger partial charge on any atom is -0.494 e. The third-order valence-electron chi connectivity index (χ3n) is 6.67. The molecule has 3 aliphatic rings. The maximum Gasteiger partial charge on any atom is 0.341 e. The van der Waals surface area contributed by atoms with Gasteiger partial charge in [-0.1, -0.05) is 6.07 Å². The lowest BCUT2D eigenvalue weighted by Crippen LogP contribution is -2.40. The van der Waals surface area contributed by atoms with Crippen LogP contribution in [-0.4, -0.2) is 47.5 Å². The van der Waals surface area contributed by atoms with Gasteiger partial charge in [0.1, 0.15) is 15.9 Å². The first-order chi connectivity index (χ1) is 14.7. The topological polar surface area (TPSA) is 129 Å². The normalized spacial score (nSPS) is 29.6. The van der Waals surface area contributed by atoms with Crippen molar-refractivity contribution in [3.63, 3.8) is 0 Å². The van der Waals surface area contributed by atoms with Crippen LogP contribution in [0.5, 0.6) is 5.75 Å². The second-order valence-electron chi connectivity index (χ2n) is 8.61. The highest BCUT2D eigenvalue weighted by molar-refractivity contribution is 8.13. The fourth-order valence-corrected chi connectivity index (χ4v) is 9.56. The number of sulfone groups is 1. The monoisotopic (exact) mass is 464 g/mol. The summed E-state index contributed by atoms with van der Waals surface area (Å²) in [5.74, 6) is -0.628. The Bertz CT molecular complexity index is 1250. The molecular formula is C21H24N2O6S2.